The van der Waals surface area contributed by atoms with Gasteiger partial charge < -0.3 is 9.67 Å². The van der Waals surface area contributed by atoms with Crippen molar-refractivity contribution < 1.29 is 9.90 Å². The quantitative estimate of drug-likeness (QED) is 0.934. The Morgan fingerprint density at radius 3 is 2.60 bits per heavy atom. The number of benzene rings is 1. The van der Waals surface area contributed by atoms with Gasteiger partial charge in [0, 0.05) is 27.2 Å². The molecule has 0 radical (unpaired) electrons. The van der Waals surface area contributed by atoms with Crippen molar-refractivity contribution in [3.8, 4) is 0 Å². The Morgan fingerprint density at radius 2 is 2.05 bits per heavy atom. The van der Waals surface area contributed by atoms with Crippen molar-refractivity contribution in [2.45, 2.75) is 33.2 Å². The van der Waals surface area contributed by atoms with Crippen LogP contribution >= 0.6 is 15.9 Å². The van der Waals surface area contributed by atoms with Crippen molar-refractivity contribution in [3.05, 3.63) is 44.2 Å². The van der Waals surface area contributed by atoms with Crippen LogP contribution in [0.2, 0.25) is 0 Å². The van der Waals surface area contributed by atoms with Gasteiger partial charge >= 0.3 is 5.97 Å². The summed E-state index contributed by atoms with van der Waals surface area (Å²) in [5.74, 6) is -0.989. The van der Waals surface area contributed by atoms with Gasteiger partial charge in [-0.15, -0.1) is 0 Å². The average Bonchev–Trinajstić information content (AvgIpc) is 2.33. The number of hydrogen-bond acceptors (Lipinski definition) is 2. The monoisotopic (exact) mass is 337 g/mol. The van der Waals surface area contributed by atoms with Gasteiger partial charge in [-0.2, -0.15) is 0 Å². The molecule has 0 saturated carbocycles. The molecule has 0 amide bonds. The summed E-state index contributed by atoms with van der Waals surface area (Å²) in [6.07, 6.45) is -0.247. The van der Waals surface area contributed by atoms with Gasteiger partial charge in [-0.3, -0.25) is 9.59 Å². The number of carbonyl (C=O) groups is 1. The first-order valence-corrected chi connectivity index (χ1v) is 7.17. The highest BCUT2D eigenvalue weighted by molar-refractivity contribution is 9.10. The lowest BCUT2D eigenvalue weighted by molar-refractivity contribution is -0.136. The minimum atomic E-state index is -0.989. The van der Waals surface area contributed by atoms with E-state index in [1.54, 1.807) is 19.1 Å². The Labute approximate surface area is 125 Å². The molecule has 0 spiro atoms. The third-order valence-corrected chi connectivity index (χ3v) is 3.87. The predicted octanol–water partition coefficient (Wildman–Crippen LogP) is 3.28. The van der Waals surface area contributed by atoms with Gasteiger partial charge in [-0.1, -0.05) is 15.9 Å². The second-order valence-corrected chi connectivity index (χ2v) is 6.00. The summed E-state index contributed by atoms with van der Waals surface area (Å²) in [6.45, 7) is 5.84. The van der Waals surface area contributed by atoms with Crippen LogP contribution in [0.25, 0.3) is 10.9 Å². The third-order valence-electron chi connectivity index (χ3n) is 3.38. The molecule has 0 aliphatic carbocycles. The van der Waals surface area contributed by atoms with Crippen LogP contribution in [0, 0.1) is 6.92 Å². The smallest absolute Gasteiger partial charge is 0.308 e. The summed E-state index contributed by atoms with van der Waals surface area (Å²) in [5, 5.41) is 9.56. The molecule has 20 heavy (non-hydrogen) atoms. The van der Waals surface area contributed by atoms with Gasteiger partial charge in [-0.05, 0) is 39.0 Å². The van der Waals surface area contributed by atoms with Crippen molar-refractivity contribution in [1.29, 1.82) is 0 Å². The molecule has 0 bridgehead atoms. The van der Waals surface area contributed by atoms with E-state index in [1.807, 2.05) is 24.5 Å². The molecule has 0 saturated heterocycles. The maximum Gasteiger partial charge on any atom is 0.308 e. The number of fused-ring (bicyclic) bond motifs is 1. The lowest BCUT2D eigenvalue weighted by Crippen LogP contribution is -2.22. The molecule has 0 atom stereocenters. The number of aliphatic carboxylic acids is 1. The molecule has 1 heterocycles. The van der Waals surface area contributed by atoms with Crippen molar-refractivity contribution in [2.75, 3.05) is 0 Å². The Hall–Kier alpha value is -1.62. The van der Waals surface area contributed by atoms with E-state index < -0.39 is 5.97 Å². The summed E-state index contributed by atoms with van der Waals surface area (Å²) in [5.41, 5.74) is 1.72. The standard InChI is InChI=1S/C15H16BrNO3/c1-8(2)17-9(3)12(7-14(18)19)15(20)11-5-4-10(16)6-13(11)17/h4-6,8H,7H2,1-3H3,(H,18,19). The first-order valence-electron chi connectivity index (χ1n) is 6.38. The molecular formula is C15H16BrNO3. The number of hydrogen-bond donors (Lipinski definition) is 1. The molecule has 106 valence electrons. The molecule has 1 aromatic carbocycles. The topological polar surface area (TPSA) is 59.3 Å². The van der Waals surface area contributed by atoms with Crippen LogP contribution < -0.4 is 5.43 Å². The van der Waals surface area contributed by atoms with E-state index in [-0.39, 0.29) is 17.9 Å². The fourth-order valence-electron chi connectivity index (χ4n) is 2.57. The maximum absolute atomic E-state index is 12.5. The van der Waals surface area contributed by atoms with Gasteiger partial charge in [0.05, 0.1) is 11.9 Å². The minimum absolute atomic E-state index is 0.139. The van der Waals surface area contributed by atoms with Crippen molar-refractivity contribution >= 4 is 32.8 Å². The zero-order chi connectivity index (χ0) is 15.0. The largest absolute Gasteiger partial charge is 0.481 e. The first kappa shape index (κ1) is 14.8. The van der Waals surface area contributed by atoms with Crippen LogP contribution in [-0.4, -0.2) is 15.6 Å². The molecule has 1 N–H and O–H groups in total. The highest BCUT2D eigenvalue weighted by Gasteiger charge is 2.17. The van der Waals surface area contributed by atoms with Crippen molar-refractivity contribution in [3.63, 3.8) is 0 Å². The Morgan fingerprint density at radius 1 is 1.40 bits per heavy atom. The second kappa shape index (κ2) is 5.40. The summed E-state index contributed by atoms with van der Waals surface area (Å²) >= 11 is 3.41. The zero-order valence-electron chi connectivity index (χ0n) is 11.6. The van der Waals surface area contributed by atoms with Crippen LogP contribution in [0.4, 0.5) is 0 Å². The molecule has 0 aliphatic rings. The molecule has 2 rings (SSSR count). The van der Waals surface area contributed by atoms with Gasteiger partial charge in [-0.25, -0.2) is 0 Å². The van der Waals surface area contributed by atoms with Crippen LogP contribution in [0.15, 0.2) is 27.5 Å². The van der Waals surface area contributed by atoms with Crippen LogP contribution in [-0.2, 0) is 11.2 Å². The van der Waals surface area contributed by atoms with E-state index in [4.69, 9.17) is 5.11 Å². The van der Waals surface area contributed by atoms with Crippen molar-refractivity contribution in [1.82, 2.24) is 4.57 Å². The number of aromatic nitrogens is 1. The number of rotatable bonds is 3. The van der Waals surface area contributed by atoms with E-state index >= 15 is 0 Å². The molecule has 0 unspecified atom stereocenters. The molecule has 0 aliphatic heterocycles. The summed E-state index contributed by atoms with van der Waals surface area (Å²) in [4.78, 5) is 23.5. The molecule has 4 nitrogen and oxygen atoms in total. The van der Waals surface area contributed by atoms with Crippen LogP contribution in [0.3, 0.4) is 0 Å². The predicted molar refractivity (Wildman–Crippen MR) is 82.4 cm³/mol. The first-order chi connectivity index (χ1) is 9.32. The summed E-state index contributed by atoms with van der Waals surface area (Å²) < 4.78 is 2.91. The highest BCUT2D eigenvalue weighted by Crippen LogP contribution is 2.24. The average molecular weight is 338 g/mol. The maximum atomic E-state index is 12.5. The number of pyridine rings is 1. The number of carboxylic acids is 1. The Kier molecular flexibility index (Phi) is 3.99. The van der Waals surface area contributed by atoms with E-state index in [1.165, 1.54) is 0 Å². The van der Waals surface area contributed by atoms with Gasteiger partial charge in [0.25, 0.3) is 0 Å². The Bertz CT molecular complexity index is 747. The van der Waals surface area contributed by atoms with Gasteiger partial charge in [0.1, 0.15) is 0 Å². The molecule has 0 fully saturated rings. The fourth-order valence-corrected chi connectivity index (χ4v) is 2.92. The minimum Gasteiger partial charge on any atom is -0.481 e. The highest BCUT2D eigenvalue weighted by atomic mass is 79.9. The number of carboxylic acid groups (broad SMARTS) is 1. The van der Waals surface area contributed by atoms with Crippen molar-refractivity contribution in [2.24, 2.45) is 0 Å². The van der Waals surface area contributed by atoms with Crippen LogP contribution in [0.5, 0.6) is 0 Å². The van der Waals surface area contributed by atoms with Gasteiger partial charge in [0.15, 0.2) is 5.43 Å². The SMILES string of the molecule is Cc1c(CC(=O)O)c(=O)c2ccc(Br)cc2n1C(C)C. The Balaban J connectivity index is 2.94. The lowest BCUT2D eigenvalue weighted by Gasteiger charge is -2.21. The molecule has 5 heteroatoms. The zero-order valence-corrected chi connectivity index (χ0v) is 13.2. The van der Waals surface area contributed by atoms with Crippen LogP contribution in [0.1, 0.15) is 31.1 Å². The number of halogens is 1. The van der Waals surface area contributed by atoms with E-state index in [0.717, 1.165) is 15.7 Å². The molecule has 2 aromatic rings. The second-order valence-electron chi connectivity index (χ2n) is 5.09. The fraction of sp³-hybridized carbons (Fsp3) is 0.333. The third kappa shape index (κ3) is 2.50. The molecule has 1 aromatic heterocycles. The summed E-state index contributed by atoms with van der Waals surface area (Å²) in [7, 11) is 0. The van der Waals surface area contributed by atoms with E-state index in [0.29, 0.717) is 10.9 Å². The van der Waals surface area contributed by atoms with Gasteiger partial charge in [0.2, 0.25) is 0 Å². The normalized spacial score (nSPS) is 11.2. The summed E-state index contributed by atoms with van der Waals surface area (Å²) in [6, 6.07) is 5.58. The van der Waals surface area contributed by atoms with E-state index in [9.17, 15) is 9.59 Å². The molecular weight excluding hydrogens is 322 g/mol. The number of nitrogens with zero attached hydrogens (tertiary/aromatic N) is 1. The van der Waals surface area contributed by atoms with E-state index in [2.05, 4.69) is 15.9 Å². The lowest BCUT2D eigenvalue weighted by atomic mass is 10.0.